The summed E-state index contributed by atoms with van der Waals surface area (Å²) in [6.45, 7) is 20.0. The number of carbonyl (C=O) groups is 4. The summed E-state index contributed by atoms with van der Waals surface area (Å²) in [5, 5.41) is 29.0. The molecular formula is C57H87ClN4O17. The molecule has 7 rings (SSSR count). The van der Waals surface area contributed by atoms with Crippen LogP contribution in [0, 0.1) is 23.7 Å². The maximum Gasteiger partial charge on any atom is 0.509 e. The van der Waals surface area contributed by atoms with E-state index < -0.39 is 119 Å². The quantitative estimate of drug-likeness (QED) is 0.0840. The number of rotatable bonds is 19. The molecule has 0 amide bonds. The Morgan fingerprint density at radius 3 is 2.22 bits per heavy atom. The number of pyridine rings is 1. The van der Waals surface area contributed by atoms with Gasteiger partial charge in [-0.1, -0.05) is 39.3 Å². The minimum absolute atomic E-state index is 0.116. The molecule has 0 bridgehead atoms. The average Bonchev–Trinajstić information content (AvgIpc) is 4.28. The number of nitrogens with one attached hydrogen (secondary N) is 2. The number of carboxylic acid groups (broad SMARTS) is 1. The van der Waals surface area contributed by atoms with Crippen LogP contribution in [0.1, 0.15) is 131 Å². The van der Waals surface area contributed by atoms with Crippen molar-refractivity contribution >= 4 is 52.1 Å². The fourth-order valence-electron chi connectivity index (χ4n) is 12.6. The Hall–Kier alpha value is -4.00. The second-order valence-electron chi connectivity index (χ2n) is 23.6. The number of methoxy groups -OCH3 is 2. The van der Waals surface area contributed by atoms with Crippen LogP contribution in [0.2, 0.25) is 5.02 Å². The van der Waals surface area contributed by atoms with E-state index in [9.17, 15) is 34.2 Å². The largest absolute Gasteiger partial charge is 0.509 e. The summed E-state index contributed by atoms with van der Waals surface area (Å²) in [5.41, 5.74) is -3.41. The molecule has 4 saturated heterocycles. The third kappa shape index (κ3) is 13.4. The normalized spacial score (nSPS) is 37.7. The van der Waals surface area contributed by atoms with Gasteiger partial charge in [0.15, 0.2) is 24.3 Å². The van der Waals surface area contributed by atoms with Gasteiger partial charge in [-0.05, 0) is 113 Å². The Bertz CT molecular complexity index is 2550. The van der Waals surface area contributed by atoms with Crippen LogP contribution in [-0.4, -0.2) is 182 Å². The Balaban J connectivity index is 1.06. The summed E-state index contributed by atoms with van der Waals surface area (Å²) >= 11 is 6.67. The molecule has 1 unspecified atom stereocenters. The van der Waals surface area contributed by atoms with E-state index in [1.807, 2.05) is 58.2 Å². The van der Waals surface area contributed by atoms with Crippen molar-refractivity contribution in [2.75, 3.05) is 59.9 Å². The van der Waals surface area contributed by atoms with Crippen molar-refractivity contribution in [2.45, 2.75) is 204 Å². The molecule has 1 saturated carbocycles. The van der Waals surface area contributed by atoms with Crippen LogP contribution in [-0.2, 0) is 57.0 Å². The Morgan fingerprint density at radius 1 is 0.899 bits per heavy atom. The monoisotopic (exact) mass is 1130 g/mol. The molecule has 21 nitrogen and oxygen atoms in total. The molecule has 0 radical (unpaired) electrons. The standard InChI is InChI=1S/C57H87ClN4O17/c1-15-42-57(10)49(78-54(69)79-57)31(4)44(63)29(2)26-55(8,70-13)48(77-53-46(65)41(61(11)12)23-30(3)73-53)32(5)47(33(6)52(68)75-42)76-43-27-56(9,71-14)50(34(7)74-43)72-22-16-19-59-20-21-60-39-24-36-40(25-38(39)58)62(35-17-18-35)28-37(45(36)64)51(66)67/h24-25,28-35,41-43,46-50,53,59-60,65H,15-23,26-27H2,1-14H3,(H,66,67)/t29-,30-,31?,32+,33+,34-,41+,42-,43+,46+,47+,48-,49+,50+,53+,55+,56-,57-/m0/s1. The van der Waals surface area contributed by atoms with Gasteiger partial charge in [-0.25, -0.2) is 9.59 Å². The first-order valence-electron chi connectivity index (χ1n) is 28.1. The molecule has 5 fully saturated rings. The predicted octanol–water partition coefficient (Wildman–Crippen LogP) is 6.74. The molecule has 5 heterocycles. The summed E-state index contributed by atoms with van der Waals surface area (Å²) in [6.07, 6.45) is -4.72. The summed E-state index contributed by atoms with van der Waals surface area (Å²) in [5.74, 6) is -5.47. The molecule has 22 heteroatoms. The number of aromatic carboxylic acids is 1. The fourth-order valence-corrected chi connectivity index (χ4v) is 12.9. The molecular weight excluding hydrogens is 1050 g/mol. The van der Waals surface area contributed by atoms with Gasteiger partial charge in [-0.3, -0.25) is 14.4 Å². The highest BCUT2D eigenvalue weighted by Gasteiger charge is 2.60. The molecule has 79 heavy (non-hydrogen) atoms. The van der Waals surface area contributed by atoms with E-state index in [-0.39, 0.29) is 48.8 Å². The molecule has 4 N–H and O–H groups in total. The van der Waals surface area contributed by atoms with Gasteiger partial charge < -0.3 is 77.7 Å². The maximum absolute atomic E-state index is 14.8. The van der Waals surface area contributed by atoms with Crippen molar-refractivity contribution in [3.8, 4) is 0 Å². The second kappa shape index (κ2) is 25.6. The highest BCUT2D eigenvalue weighted by molar-refractivity contribution is 6.34. The molecule has 18 atom stereocenters. The van der Waals surface area contributed by atoms with Crippen LogP contribution < -0.4 is 16.1 Å². The zero-order chi connectivity index (χ0) is 58.1. The van der Waals surface area contributed by atoms with Gasteiger partial charge in [0.2, 0.25) is 5.43 Å². The zero-order valence-electron chi connectivity index (χ0n) is 48.5. The summed E-state index contributed by atoms with van der Waals surface area (Å²) in [6, 6.07) is 3.17. The van der Waals surface area contributed by atoms with Crippen molar-refractivity contribution in [2.24, 2.45) is 23.7 Å². The highest BCUT2D eigenvalue weighted by atomic mass is 35.5. The van der Waals surface area contributed by atoms with Crippen LogP contribution in [0.25, 0.3) is 10.9 Å². The number of benzene rings is 1. The van der Waals surface area contributed by atoms with Gasteiger partial charge in [0.05, 0.1) is 63.7 Å². The lowest BCUT2D eigenvalue weighted by molar-refractivity contribution is -0.322. The predicted molar refractivity (Wildman–Crippen MR) is 292 cm³/mol. The number of aliphatic hydroxyl groups is 1. The number of nitrogens with zero attached hydrogens (tertiary/aromatic N) is 2. The maximum atomic E-state index is 14.8. The lowest BCUT2D eigenvalue weighted by Crippen LogP contribution is -2.61. The number of carboxylic acids is 1. The van der Waals surface area contributed by atoms with E-state index in [0.717, 1.165) is 12.8 Å². The van der Waals surface area contributed by atoms with E-state index in [1.54, 1.807) is 53.9 Å². The molecule has 1 aromatic carbocycles. The number of Topliss-reactive ketones (excluding diaryl/α,β-unsaturated/α-hetero) is 1. The summed E-state index contributed by atoms with van der Waals surface area (Å²) in [7, 11) is 6.90. The Labute approximate surface area is 469 Å². The summed E-state index contributed by atoms with van der Waals surface area (Å²) < 4.78 is 65.9. The van der Waals surface area contributed by atoms with Crippen molar-refractivity contribution in [3.63, 3.8) is 0 Å². The van der Waals surface area contributed by atoms with Crippen molar-refractivity contribution in [3.05, 3.63) is 39.1 Å². The first-order valence-corrected chi connectivity index (χ1v) is 28.5. The number of anilines is 1. The number of ketones is 1. The van der Waals surface area contributed by atoms with Crippen molar-refractivity contribution < 1.29 is 76.8 Å². The third-order valence-electron chi connectivity index (χ3n) is 17.4. The van der Waals surface area contributed by atoms with E-state index in [2.05, 4.69) is 10.6 Å². The van der Waals surface area contributed by atoms with Gasteiger partial charge in [0, 0.05) is 75.8 Å². The number of cyclic esters (lactones) is 1. The number of aromatic nitrogens is 1. The Morgan fingerprint density at radius 2 is 1.58 bits per heavy atom. The van der Waals surface area contributed by atoms with Crippen molar-refractivity contribution in [1.29, 1.82) is 0 Å². The number of fused-ring (bicyclic) bond motifs is 2. The Kier molecular flexibility index (Phi) is 20.3. The minimum Gasteiger partial charge on any atom is -0.477 e. The number of hydrogen-bond donors (Lipinski definition) is 4. The lowest BCUT2D eigenvalue weighted by Gasteiger charge is -2.50. The molecule has 2 aromatic rings. The van der Waals surface area contributed by atoms with Crippen molar-refractivity contribution in [1.82, 2.24) is 14.8 Å². The number of hydrogen-bond acceptors (Lipinski definition) is 19. The fraction of sp³-hybridized carbons (Fsp3) is 0.772. The average molecular weight is 1140 g/mol. The first kappa shape index (κ1) is 62.6. The molecule has 1 aromatic heterocycles. The molecule has 1 aliphatic carbocycles. The minimum atomic E-state index is -1.51. The zero-order valence-corrected chi connectivity index (χ0v) is 49.3. The second-order valence-corrected chi connectivity index (χ2v) is 24.0. The number of halogens is 1. The smallest absolute Gasteiger partial charge is 0.477 e. The van der Waals surface area contributed by atoms with Gasteiger partial charge in [0.1, 0.15) is 29.7 Å². The van der Waals surface area contributed by atoms with E-state index in [4.69, 9.17) is 59.0 Å². The molecule has 4 aliphatic heterocycles. The van der Waals surface area contributed by atoms with Crippen LogP contribution in [0.15, 0.2) is 23.1 Å². The number of likely N-dealkylation sites (N-methyl/N-ethyl adjacent to an activating group) is 1. The van der Waals surface area contributed by atoms with Gasteiger partial charge >= 0.3 is 18.1 Å². The van der Waals surface area contributed by atoms with Crippen LogP contribution >= 0.6 is 11.6 Å². The number of esters is 1. The molecule has 444 valence electrons. The SMILES string of the molecule is CC[C@@H]1OC(=O)[C@H](C)[C@H](O[C@@H]2C[C@](C)(OC)[C@H](OCCCNCCNc3cc4c(=O)c(C(=O)O)cn(C5CC5)c4cc3Cl)[C@H](C)O2)[C@@H](C)[C@H](O[C@H]2O[C@@H](C)C[C@@H](N(C)C)[C@H]2O)[C@](C)(OC)C[C@H](C)C(=O)C(C)[C@H]2OC(=O)O[C@@]12C. The van der Waals surface area contributed by atoms with E-state index in [1.165, 1.54) is 13.3 Å². The lowest BCUT2D eigenvalue weighted by atomic mass is 9.74. The van der Waals surface area contributed by atoms with Crippen LogP contribution in [0.4, 0.5) is 10.5 Å². The van der Waals surface area contributed by atoms with Crippen LogP contribution in [0.5, 0.6) is 0 Å². The van der Waals surface area contributed by atoms with E-state index in [0.29, 0.717) is 60.7 Å². The number of carbonyl (C=O) groups excluding carboxylic acids is 3. The van der Waals surface area contributed by atoms with E-state index >= 15 is 0 Å². The number of ether oxygens (including phenoxy) is 10. The third-order valence-corrected chi connectivity index (χ3v) is 17.7. The molecule has 0 spiro atoms. The van der Waals surface area contributed by atoms with Gasteiger partial charge in [-0.2, -0.15) is 0 Å². The van der Waals surface area contributed by atoms with Gasteiger partial charge in [-0.15, -0.1) is 0 Å². The summed E-state index contributed by atoms with van der Waals surface area (Å²) in [4.78, 5) is 69.3. The van der Waals surface area contributed by atoms with Crippen LogP contribution in [0.3, 0.4) is 0 Å². The van der Waals surface area contributed by atoms with Gasteiger partial charge in [0.25, 0.3) is 0 Å². The highest BCUT2D eigenvalue weighted by Crippen LogP contribution is 2.45. The topological polar surface area (TPSA) is 250 Å². The molecule has 5 aliphatic rings. The first-order chi connectivity index (χ1) is 37.2. The number of aliphatic hydroxyl groups excluding tert-OH is 1.